The lowest BCUT2D eigenvalue weighted by molar-refractivity contribution is -0.236. The molecule has 4 rings (SSSR count). The first kappa shape index (κ1) is 21.1. The van der Waals surface area contributed by atoms with Crippen molar-refractivity contribution in [2.45, 2.75) is 57.1 Å². The fourth-order valence-corrected chi connectivity index (χ4v) is 4.80. The highest BCUT2D eigenvalue weighted by atomic mass is 32.2. The second kappa shape index (κ2) is 6.96. The van der Waals surface area contributed by atoms with Crippen molar-refractivity contribution in [3.63, 3.8) is 0 Å². The Balaban J connectivity index is 1.98. The van der Waals surface area contributed by atoms with E-state index in [1.54, 1.807) is 6.07 Å². The third kappa shape index (κ3) is 2.94. The summed E-state index contributed by atoms with van der Waals surface area (Å²) in [5, 5.41) is 0. The summed E-state index contributed by atoms with van der Waals surface area (Å²) in [5.41, 5.74) is -2.43. The molecule has 0 N–H and O–H groups in total. The average Bonchev–Trinajstić information content (AvgIpc) is 3.17. The molecule has 162 valence electrons. The van der Waals surface area contributed by atoms with Crippen LogP contribution in [0.2, 0.25) is 0 Å². The van der Waals surface area contributed by atoms with Gasteiger partial charge in [-0.1, -0.05) is 44.2 Å². The maximum absolute atomic E-state index is 13.0. The van der Waals surface area contributed by atoms with Gasteiger partial charge in [-0.2, -0.15) is 21.6 Å². The van der Waals surface area contributed by atoms with Gasteiger partial charge in [0.15, 0.2) is 5.75 Å². The number of alkyl halides is 3. The van der Waals surface area contributed by atoms with E-state index in [4.69, 9.17) is 9.47 Å². The monoisotopic (exact) mass is 442 g/mol. The Morgan fingerprint density at radius 1 is 0.967 bits per heavy atom. The summed E-state index contributed by atoms with van der Waals surface area (Å²) in [4.78, 5) is 0. The highest BCUT2D eigenvalue weighted by Crippen LogP contribution is 2.60. The molecular weight excluding hydrogens is 421 g/mol. The van der Waals surface area contributed by atoms with Crippen molar-refractivity contribution in [2.75, 3.05) is 0 Å². The molecule has 1 spiro atoms. The van der Waals surface area contributed by atoms with Crippen LogP contribution in [0.15, 0.2) is 36.4 Å². The Kier molecular flexibility index (Phi) is 4.91. The first-order chi connectivity index (χ1) is 14.1. The Bertz CT molecular complexity index is 1090. The highest BCUT2D eigenvalue weighted by Gasteiger charge is 2.57. The average molecular weight is 442 g/mol. The summed E-state index contributed by atoms with van der Waals surface area (Å²) >= 11 is 0. The van der Waals surface area contributed by atoms with Gasteiger partial charge in [0.05, 0.1) is 17.8 Å². The van der Waals surface area contributed by atoms with Gasteiger partial charge < -0.3 is 13.7 Å². The second-order valence-electron chi connectivity index (χ2n) is 7.39. The predicted molar refractivity (Wildman–Crippen MR) is 102 cm³/mol. The number of ether oxygens (including phenoxy) is 2. The maximum Gasteiger partial charge on any atom is 0.534 e. The van der Waals surface area contributed by atoms with Crippen molar-refractivity contribution in [2.24, 2.45) is 0 Å². The van der Waals surface area contributed by atoms with Crippen LogP contribution in [0.5, 0.6) is 5.75 Å². The molecule has 5 nitrogen and oxygen atoms in total. The highest BCUT2D eigenvalue weighted by molar-refractivity contribution is 7.88. The Labute approximate surface area is 172 Å². The van der Waals surface area contributed by atoms with Gasteiger partial charge in [0, 0.05) is 5.56 Å². The molecule has 0 unspecified atom stereocenters. The molecule has 2 aromatic rings. The second-order valence-corrected chi connectivity index (χ2v) is 8.93. The smallest absolute Gasteiger partial charge is 0.375 e. The SMILES string of the molecule is CC[C@@H]1O[C@@]2(O[C@@H](CC)c3cccc(OS(=O)(=O)C(F)(F)F)c32)c2c(C)cccc21. The van der Waals surface area contributed by atoms with E-state index in [2.05, 4.69) is 4.18 Å². The molecule has 0 saturated heterocycles. The van der Waals surface area contributed by atoms with Crippen LogP contribution in [0.4, 0.5) is 13.2 Å². The van der Waals surface area contributed by atoms with Crippen LogP contribution in [0.1, 0.15) is 66.7 Å². The van der Waals surface area contributed by atoms with Crippen LogP contribution in [-0.4, -0.2) is 13.9 Å². The topological polar surface area (TPSA) is 61.8 Å². The minimum absolute atomic E-state index is 0.177. The number of benzene rings is 2. The quantitative estimate of drug-likeness (QED) is 0.470. The zero-order valence-corrected chi connectivity index (χ0v) is 17.4. The first-order valence-corrected chi connectivity index (χ1v) is 11.1. The van der Waals surface area contributed by atoms with Gasteiger partial charge in [0.1, 0.15) is 0 Å². The molecule has 2 aliphatic rings. The fourth-order valence-electron chi connectivity index (χ4n) is 4.33. The Hall–Kier alpha value is -2.10. The van der Waals surface area contributed by atoms with Crippen LogP contribution in [0.3, 0.4) is 0 Å². The molecule has 0 aromatic heterocycles. The number of rotatable bonds is 4. The normalized spacial score (nSPS) is 25.4. The van der Waals surface area contributed by atoms with Crippen LogP contribution < -0.4 is 4.18 Å². The maximum atomic E-state index is 13.0. The minimum Gasteiger partial charge on any atom is -0.375 e. The molecule has 2 aliphatic heterocycles. The Morgan fingerprint density at radius 2 is 1.50 bits per heavy atom. The standard InChI is InChI=1S/C21H21F3O5S/c1-4-15-13-9-6-8-12(3)18(13)20(27-15)19-14(16(5-2)28-20)10-7-11-17(19)29-30(25,26)21(22,23)24/h6-11,15-16H,4-5H2,1-3H3/t15-,16-,20+/m0/s1. The summed E-state index contributed by atoms with van der Waals surface area (Å²) in [6.07, 6.45) is 0.291. The minimum atomic E-state index is -5.86. The van der Waals surface area contributed by atoms with Crippen molar-refractivity contribution in [1.29, 1.82) is 0 Å². The van der Waals surface area contributed by atoms with E-state index in [0.717, 1.165) is 11.1 Å². The lowest BCUT2D eigenvalue weighted by Crippen LogP contribution is -2.31. The van der Waals surface area contributed by atoms with Gasteiger partial charge in [-0.05, 0) is 42.5 Å². The van der Waals surface area contributed by atoms with Gasteiger partial charge >= 0.3 is 15.6 Å². The van der Waals surface area contributed by atoms with Gasteiger partial charge in [0.2, 0.25) is 5.79 Å². The van der Waals surface area contributed by atoms with Gasteiger partial charge in [-0.3, -0.25) is 0 Å². The van der Waals surface area contributed by atoms with Crippen LogP contribution in [0, 0.1) is 6.92 Å². The molecule has 2 heterocycles. The molecule has 9 heteroatoms. The lowest BCUT2D eigenvalue weighted by Gasteiger charge is -2.29. The molecule has 0 fully saturated rings. The number of aryl methyl sites for hydroxylation is 1. The lowest BCUT2D eigenvalue weighted by atomic mass is 9.88. The largest absolute Gasteiger partial charge is 0.534 e. The van der Waals surface area contributed by atoms with E-state index in [0.29, 0.717) is 24.0 Å². The first-order valence-electron chi connectivity index (χ1n) is 9.65. The van der Waals surface area contributed by atoms with Crippen LogP contribution >= 0.6 is 0 Å². The van der Waals surface area contributed by atoms with Crippen molar-refractivity contribution in [3.8, 4) is 5.75 Å². The zero-order chi connectivity index (χ0) is 21.9. The summed E-state index contributed by atoms with van der Waals surface area (Å²) in [7, 11) is -5.86. The molecule has 0 bridgehead atoms. The van der Waals surface area contributed by atoms with E-state index >= 15 is 0 Å². The van der Waals surface area contributed by atoms with Crippen molar-refractivity contribution >= 4 is 10.1 Å². The number of hydrogen-bond acceptors (Lipinski definition) is 5. The summed E-state index contributed by atoms with van der Waals surface area (Å²) in [6.45, 7) is 5.66. The molecule has 2 aromatic carbocycles. The molecule has 0 aliphatic carbocycles. The van der Waals surface area contributed by atoms with Crippen molar-refractivity contribution in [3.05, 3.63) is 64.2 Å². The molecule has 3 atom stereocenters. The van der Waals surface area contributed by atoms with Crippen molar-refractivity contribution < 1.29 is 35.2 Å². The van der Waals surface area contributed by atoms with E-state index in [9.17, 15) is 21.6 Å². The molecule has 0 amide bonds. The summed E-state index contributed by atoms with van der Waals surface area (Å²) in [6, 6.07) is 9.99. The van der Waals surface area contributed by atoms with Crippen LogP contribution in [0.25, 0.3) is 0 Å². The van der Waals surface area contributed by atoms with E-state index in [1.165, 1.54) is 12.1 Å². The Morgan fingerprint density at radius 3 is 2.03 bits per heavy atom. The van der Waals surface area contributed by atoms with Gasteiger partial charge in [-0.15, -0.1) is 0 Å². The van der Waals surface area contributed by atoms with Crippen molar-refractivity contribution in [1.82, 2.24) is 0 Å². The summed E-state index contributed by atoms with van der Waals surface area (Å²) < 4.78 is 79.9. The molecule has 0 saturated carbocycles. The third-order valence-electron chi connectivity index (χ3n) is 5.56. The molecular formula is C21H21F3O5S. The van der Waals surface area contributed by atoms with Crippen LogP contribution in [-0.2, 0) is 25.4 Å². The zero-order valence-electron chi connectivity index (χ0n) is 16.6. The number of halogens is 3. The third-order valence-corrected chi connectivity index (χ3v) is 6.52. The van der Waals surface area contributed by atoms with Gasteiger partial charge in [0.25, 0.3) is 0 Å². The molecule has 30 heavy (non-hydrogen) atoms. The number of hydrogen-bond donors (Lipinski definition) is 0. The molecule has 0 radical (unpaired) electrons. The fraction of sp³-hybridized carbons (Fsp3) is 0.429. The number of fused-ring (bicyclic) bond motifs is 4. The van der Waals surface area contributed by atoms with E-state index < -0.39 is 33.3 Å². The summed E-state index contributed by atoms with van der Waals surface area (Å²) in [5.74, 6) is -1.97. The predicted octanol–water partition coefficient (Wildman–Crippen LogP) is 5.39. The van der Waals surface area contributed by atoms with E-state index in [-0.39, 0.29) is 11.7 Å². The van der Waals surface area contributed by atoms with Gasteiger partial charge in [-0.25, -0.2) is 0 Å². The van der Waals surface area contributed by atoms with E-state index in [1.807, 2.05) is 39.0 Å².